The minimum atomic E-state index is -0.598. The maximum atomic E-state index is 15.4. The number of nitrogens with zero attached hydrogens (tertiary/aromatic N) is 4. The van der Waals surface area contributed by atoms with E-state index in [0.29, 0.717) is 41.3 Å². The van der Waals surface area contributed by atoms with Crippen molar-refractivity contribution in [2.45, 2.75) is 31.2 Å². The Hall–Kier alpha value is -2.52. The van der Waals surface area contributed by atoms with E-state index in [0.717, 1.165) is 0 Å². The van der Waals surface area contributed by atoms with Crippen molar-refractivity contribution in [2.75, 3.05) is 24.2 Å². The van der Waals surface area contributed by atoms with Crippen molar-refractivity contribution in [1.82, 2.24) is 15.1 Å². The summed E-state index contributed by atoms with van der Waals surface area (Å²) >= 11 is 1.39. The van der Waals surface area contributed by atoms with E-state index in [1.807, 2.05) is 25.0 Å². The molecule has 0 spiro atoms. The van der Waals surface area contributed by atoms with Crippen LogP contribution in [0, 0.1) is 5.82 Å². The van der Waals surface area contributed by atoms with E-state index in [1.54, 1.807) is 18.3 Å². The Morgan fingerprint density at radius 2 is 2.07 bits per heavy atom. The zero-order chi connectivity index (χ0) is 19.8. The number of benzene rings is 1. The van der Waals surface area contributed by atoms with Gasteiger partial charge in [0, 0.05) is 24.8 Å². The Labute approximate surface area is 165 Å². The third-order valence-corrected chi connectivity index (χ3v) is 5.19. The van der Waals surface area contributed by atoms with E-state index in [1.165, 1.54) is 11.8 Å². The number of morpholine rings is 1. The third kappa shape index (κ3) is 3.24. The van der Waals surface area contributed by atoms with E-state index in [2.05, 4.69) is 15.1 Å². The number of rotatable bonds is 4. The summed E-state index contributed by atoms with van der Waals surface area (Å²) in [5, 5.41) is 4.99. The number of aromatic nitrogens is 3. The van der Waals surface area contributed by atoms with E-state index >= 15 is 4.39 Å². The molecule has 0 aliphatic carbocycles. The van der Waals surface area contributed by atoms with Gasteiger partial charge in [-0.1, -0.05) is 16.9 Å². The summed E-state index contributed by atoms with van der Waals surface area (Å²) in [5.74, 6) is -0.598. The van der Waals surface area contributed by atoms with Crippen LogP contribution in [-0.2, 0) is 4.74 Å². The van der Waals surface area contributed by atoms with Gasteiger partial charge in [-0.15, -0.1) is 0 Å². The van der Waals surface area contributed by atoms with Crippen LogP contribution in [0.2, 0.25) is 0 Å². The molecule has 1 aromatic carbocycles. The van der Waals surface area contributed by atoms with Crippen molar-refractivity contribution in [3.8, 4) is 11.4 Å². The van der Waals surface area contributed by atoms with Crippen LogP contribution in [-0.4, -0.2) is 53.0 Å². The minimum Gasteiger partial charge on any atom is -0.372 e. The number of hydrogen-bond acceptors (Lipinski definition) is 8. The molecule has 0 radical (unpaired) electrons. The fraction of sp³-hybridized carbons (Fsp3) is 0.368. The minimum absolute atomic E-state index is 0.00621. The quantitative estimate of drug-likeness (QED) is 0.372. The lowest BCUT2D eigenvalue weighted by molar-refractivity contribution is -0.00543. The van der Waals surface area contributed by atoms with Gasteiger partial charge in [0.1, 0.15) is 5.69 Å². The van der Waals surface area contributed by atoms with Crippen LogP contribution in [0.5, 0.6) is 0 Å². The summed E-state index contributed by atoms with van der Waals surface area (Å²) in [6.07, 6.45) is 3.98. The van der Waals surface area contributed by atoms with Crippen molar-refractivity contribution >= 4 is 34.7 Å². The summed E-state index contributed by atoms with van der Waals surface area (Å²) in [6, 6.07) is 3.28. The number of carbonyl (C=O) groups is 1. The van der Waals surface area contributed by atoms with Crippen LogP contribution in [0.15, 0.2) is 28.0 Å². The molecule has 0 N–H and O–H groups in total. The smallest absolute Gasteiger partial charge is 0.205 e. The second-order valence-corrected chi connectivity index (χ2v) is 7.52. The molecular weight excluding hydrogens is 383 g/mol. The molecule has 2 aromatic heterocycles. The molecule has 1 aliphatic heterocycles. The van der Waals surface area contributed by atoms with Gasteiger partial charge < -0.3 is 14.2 Å². The number of fused-ring (bicyclic) bond motifs is 1. The standard InChI is InChI=1S/C19H19FN4O3S/c1-10-7-24(8-11(2)26-10)17-12(9-25)6-13-16(23-27-18(13)15(17)20)14-4-5-21-19(22-14)28-3/h4-6,9-11H,7-8H2,1-3H3/t10-,11-/m1/s1. The zero-order valence-corrected chi connectivity index (χ0v) is 16.5. The lowest BCUT2D eigenvalue weighted by Crippen LogP contribution is -2.46. The molecule has 4 rings (SSSR count). The molecule has 3 aromatic rings. The lowest BCUT2D eigenvalue weighted by atomic mass is 10.0. The second-order valence-electron chi connectivity index (χ2n) is 6.74. The van der Waals surface area contributed by atoms with Crippen LogP contribution in [0.25, 0.3) is 22.4 Å². The van der Waals surface area contributed by atoms with Gasteiger partial charge in [0.2, 0.25) is 5.58 Å². The highest BCUT2D eigenvalue weighted by Gasteiger charge is 2.29. The fourth-order valence-electron chi connectivity index (χ4n) is 3.57. The normalized spacial score (nSPS) is 19.9. The number of ether oxygens (including phenoxy) is 1. The third-order valence-electron chi connectivity index (χ3n) is 4.63. The molecule has 1 fully saturated rings. The first kappa shape index (κ1) is 18.8. The highest BCUT2D eigenvalue weighted by atomic mass is 32.2. The van der Waals surface area contributed by atoms with Crippen molar-refractivity contribution in [2.24, 2.45) is 0 Å². The molecule has 1 aliphatic rings. The summed E-state index contributed by atoms with van der Waals surface area (Å²) in [7, 11) is 0. The first-order valence-electron chi connectivity index (χ1n) is 8.86. The van der Waals surface area contributed by atoms with Crippen molar-refractivity contribution < 1.29 is 18.4 Å². The van der Waals surface area contributed by atoms with E-state index in [4.69, 9.17) is 9.26 Å². The number of thioether (sulfide) groups is 1. The topological polar surface area (TPSA) is 81.4 Å². The Morgan fingerprint density at radius 3 is 2.75 bits per heavy atom. The van der Waals surface area contributed by atoms with Crippen LogP contribution in [0.1, 0.15) is 24.2 Å². The molecule has 146 valence electrons. The molecular formula is C19H19FN4O3S. The highest BCUT2D eigenvalue weighted by Crippen LogP contribution is 2.36. The van der Waals surface area contributed by atoms with Crippen molar-refractivity contribution in [3.05, 3.63) is 29.7 Å². The van der Waals surface area contributed by atoms with Crippen LogP contribution >= 0.6 is 11.8 Å². The Morgan fingerprint density at radius 1 is 1.32 bits per heavy atom. The van der Waals surface area contributed by atoms with Gasteiger partial charge in [0.25, 0.3) is 0 Å². The van der Waals surface area contributed by atoms with E-state index in [9.17, 15) is 4.79 Å². The average molecular weight is 402 g/mol. The average Bonchev–Trinajstić information content (AvgIpc) is 3.11. The summed E-state index contributed by atoms with van der Waals surface area (Å²) in [5.41, 5.74) is 1.36. The van der Waals surface area contributed by atoms with Crippen LogP contribution in [0.4, 0.5) is 10.1 Å². The van der Waals surface area contributed by atoms with Crippen LogP contribution in [0.3, 0.4) is 0 Å². The molecule has 0 unspecified atom stereocenters. The molecule has 2 atom stereocenters. The summed E-state index contributed by atoms with van der Waals surface area (Å²) < 4.78 is 26.5. The lowest BCUT2D eigenvalue weighted by Gasteiger charge is -2.37. The van der Waals surface area contributed by atoms with Gasteiger partial charge in [-0.3, -0.25) is 4.79 Å². The first-order chi connectivity index (χ1) is 13.5. The first-order valence-corrected chi connectivity index (χ1v) is 10.1. The number of anilines is 1. The molecule has 7 nitrogen and oxygen atoms in total. The van der Waals surface area contributed by atoms with Crippen molar-refractivity contribution in [1.29, 1.82) is 0 Å². The van der Waals surface area contributed by atoms with Crippen LogP contribution < -0.4 is 4.90 Å². The second kappa shape index (κ2) is 7.48. The Balaban J connectivity index is 1.86. The fourth-order valence-corrected chi connectivity index (χ4v) is 3.93. The molecule has 0 amide bonds. The predicted octanol–water partition coefficient (Wildman–Crippen LogP) is 3.57. The van der Waals surface area contributed by atoms with E-state index in [-0.39, 0.29) is 29.0 Å². The maximum absolute atomic E-state index is 15.4. The van der Waals surface area contributed by atoms with Gasteiger partial charge in [-0.25, -0.2) is 14.4 Å². The molecule has 28 heavy (non-hydrogen) atoms. The van der Waals surface area contributed by atoms with Crippen molar-refractivity contribution in [3.63, 3.8) is 0 Å². The number of halogens is 1. The SMILES string of the molecule is CSc1nccc(-c2noc3c(F)c(N4C[C@@H](C)O[C@H](C)C4)c(C=O)cc23)n1. The van der Waals surface area contributed by atoms with E-state index < -0.39 is 5.82 Å². The summed E-state index contributed by atoms with van der Waals surface area (Å²) in [6.45, 7) is 4.81. The molecule has 0 bridgehead atoms. The largest absolute Gasteiger partial charge is 0.372 e. The number of aldehydes is 1. The number of hydrogen-bond donors (Lipinski definition) is 0. The number of carbonyl (C=O) groups excluding carboxylic acids is 1. The monoisotopic (exact) mass is 402 g/mol. The molecule has 3 heterocycles. The van der Waals surface area contributed by atoms with Gasteiger partial charge in [-0.2, -0.15) is 0 Å². The molecule has 0 saturated carbocycles. The molecule has 1 saturated heterocycles. The van der Waals surface area contributed by atoms with Gasteiger partial charge in [-0.05, 0) is 32.2 Å². The zero-order valence-electron chi connectivity index (χ0n) is 15.7. The van der Waals surface area contributed by atoms with Gasteiger partial charge >= 0.3 is 0 Å². The predicted molar refractivity (Wildman–Crippen MR) is 104 cm³/mol. The maximum Gasteiger partial charge on any atom is 0.205 e. The summed E-state index contributed by atoms with van der Waals surface area (Å²) in [4.78, 5) is 22.1. The van der Waals surface area contributed by atoms with Gasteiger partial charge in [0.05, 0.1) is 29.0 Å². The highest BCUT2D eigenvalue weighted by molar-refractivity contribution is 7.98. The molecule has 9 heteroatoms. The van der Waals surface area contributed by atoms with Gasteiger partial charge in [0.15, 0.2) is 17.3 Å². The Bertz CT molecular complexity index is 1030. The Kier molecular flexibility index (Phi) is 5.03.